The Balaban J connectivity index is 1.74. The molecule has 0 saturated carbocycles. The van der Waals surface area contributed by atoms with Gasteiger partial charge in [0.15, 0.2) is 0 Å². The van der Waals surface area contributed by atoms with Crippen molar-refractivity contribution in [3.05, 3.63) is 46.8 Å². The van der Waals surface area contributed by atoms with Crippen molar-refractivity contribution in [1.29, 1.82) is 0 Å². The van der Waals surface area contributed by atoms with Gasteiger partial charge in [0.25, 0.3) is 5.91 Å². The van der Waals surface area contributed by atoms with Crippen molar-refractivity contribution in [3.8, 4) is 0 Å². The first kappa shape index (κ1) is 20.3. The molecule has 0 saturated heterocycles. The van der Waals surface area contributed by atoms with Crippen molar-refractivity contribution in [2.75, 3.05) is 17.7 Å². The average molecular weight is 394 g/mol. The molecule has 8 heteroatoms. The minimum Gasteiger partial charge on any atom is -0.325 e. The van der Waals surface area contributed by atoms with Gasteiger partial charge in [0.2, 0.25) is 5.91 Å². The molecular formula is C21H26N6O2. The third kappa shape index (κ3) is 4.37. The minimum atomic E-state index is -0.481. The fraction of sp³-hybridized carbons (Fsp3) is 0.333. The zero-order valence-electron chi connectivity index (χ0n) is 17.5. The number of allylic oxidation sites excluding steroid dienone is 2. The number of benzene rings is 1. The first-order valence-electron chi connectivity index (χ1n) is 9.34. The molecule has 0 radical (unpaired) electrons. The summed E-state index contributed by atoms with van der Waals surface area (Å²) in [5, 5.41) is 15.4. The molecule has 1 aromatic carbocycles. The number of hydrogen-bond donors (Lipinski definition) is 3. The fourth-order valence-corrected chi connectivity index (χ4v) is 2.83. The van der Waals surface area contributed by atoms with Gasteiger partial charge in [-0.15, -0.1) is 0 Å². The number of carbonyl (C=O) groups is 2. The topological polar surface area (TPSA) is 98.2 Å². The standard InChI is InChI=1S/C21H26N6O2/c1-12-9-14(7-8-16(12)24-20(29)21(3,4)5)23-19(28)18-10-17(26-27(18)6)15-11-22-25-13(15)2/h7-11,26H,1-6H3,(H,23,28)(H,24,29). The molecule has 0 unspecified atom stereocenters. The van der Waals surface area contributed by atoms with Crippen LogP contribution < -0.4 is 16.1 Å². The molecule has 8 nitrogen and oxygen atoms in total. The summed E-state index contributed by atoms with van der Waals surface area (Å²) >= 11 is 0. The maximum absolute atomic E-state index is 12.8. The van der Waals surface area contributed by atoms with E-state index in [4.69, 9.17) is 0 Å². The molecule has 3 rings (SSSR count). The van der Waals surface area contributed by atoms with E-state index in [1.54, 1.807) is 36.5 Å². The third-order valence-electron chi connectivity index (χ3n) is 4.65. The number of anilines is 2. The number of hydrazine groups is 1. The predicted molar refractivity (Wildman–Crippen MR) is 116 cm³/mol. The smallest absolute Gasteiger partial charge is 0.273 e. The second-order valence-electron chi connectivity index (χ2n) is 8.15. The van der Waals surface area contributed by atoms with Crippen LogP contribution in [0.5, 0.6) is 0 Å². The molecule has 152 valence electrons. The van der Waals surface area contributed by atoms with E-state index in [1.807, 2.05) is 40.7 Å². The van der Waals surface area contributed by atoms with Crippen molar-refractivity contribution < 1.29 is 9.59 Å². The van der Waals surface area contributed by atoms with Crippen LogP contribution in [0.4, 0.5) is 11.4 Å². The van der Waals surface area contributed by atoms with E-state index in [-0.39, 0.29) is 11.8 Å². The number of amides is 2. The number of carbonyl (C=O) groups excluding carboxylic acids is 2. The zero-order chi connectivity index (χ0) is 21.3. The van der Waals surface area contributed by atoms with Gasteiger partial charge in [-0.1, -0.05) is 20.8 Å². The maximum atomic E-state index is 12.8. The van der Waals surface area contributed by atoms with Crippen LogP contribution in [0.3, 0.4) is 0 Å². The molecule has 0 bridgehead atoms. The molecule has 2 aliphatic heterocycles. The van der Waals surface area contributed by atoms with Gasteiger partial charge in [0.1, 0.15) is 5.70 Å². The summed E-state index contributed by atoms with van der Waals surface area (Å²) in [6, 6.07) is 5.40. The first-order valence-corrected chi connectivity index (χ1v) is 9.34. The number of aryl methyl sites for hydroxylation is 1. The van der Waals surface area contributed by atoms with Crippen LogP contribution >= 0.6 is 0 Å². The Morgan fingerprint density at radius 2 is 1.86 bits per heavy atom. The van der Waals surface area contributed by atoms with Crippen LogP contribution in [-0.4, -0.2) is 35.8 Å². The molecule has 1 aromatic rings. The van der Waals surface area contributed by atoms with Gasteiger partial charge in [-0.2, -0.15) is 10.2 Å². The molecule has 0 atom stereocenters. The number of nitrogens with zero attached hydrogens (tertiary/aromatic N) is 3. The molecule has 0 spiro atoms. The van der Waals surface area contributed by atoms with Gasteiger partial charge in [0.05, 0.1) is 17.6 Å². The van der Waals surface area contributed by atoms with Gasteiger partial charge in [-0.25, -0.2) is 0 Å². The molecule has 29 heavy (non-hydrogen) atoms. The van der Waals surface area contributed by atoms with Crippen molar-refractivity contribution >= 4 is 35.1 Å². The molecule has 3 N–H and O–H groups in total. The quantitative estimate of drug-likeness (QED) is 0.734. The summed E-state index contributed by atoms with van der Waals surface area (Å²) in [6.45, 7) is 9.34. The second kappa shape index (κ2) is 7.54. The summed E-state index contributed by atoms with van der Waals surface area (Å²) in [5.41, 5.74) is 7.80. The zero-order valence-corrected chi connectivity index (χ0v) is 17.5. The minimum absolute atomic E-state index is 0.0592. The van der Waals surface area contributed by atoms with E-state index in [9.17, 15) is 9.59 Å². The highest BCUT2D eigenvalue weighted by molar-refractivity contribution is 6.18. The monoisotopic (exact) mass is 394 g/mol. The maximum Gasteiger partial charge on any atom is 0.273 e. The number of likely N-dealkylation sites (N-methyl/N-ethyl adjacent to an activating group) is 1. The summed E-state index contributed by atoms with van der Waals surface area (Å²) < 4.78 is 0. The van der Waals surface area contributed by atoms with E-state index in [0.29, 0.717) is 11.4 Å². The van der Waals surface area contributed by atoms with Gasteiger partial charge >= 0.3 is 0 Å². The van der Waals surface area contributed by atoms with Gasteiger partial charge < -0.3 is 10.6 Å². The summed E-state index contributed by atoms with van der Waals surface area (Å²) in [5.74, 6) is -0.304. The van der Waals surface area contributed by atoms with Gasteiger partial charge in [-0.3, -0.25) is 20.0 Å². The molecule has 2 aliphatic rings. The lowest BCUT2D eigenvalue weighted by Crippen LogP contribution is -2.32. The highest BCUT2D eigenvalue weighted by Crippen LogP contribution is 2.24. The van der Waals surface area contributed by atoms with Crippen molar-refractivity contribution in [2.24, 2.45) is 15.6 Å². The third-order valence-corrected chi connectivity index (χ3v) is 4.65. The normalized spacial score (nSPS) is 18.3. The Hall–Kier alpha value is -3.42. The largest absolute Gasteiger partial charge is 0.325 e. The van der Waals surface area contributed by atoms with Crippen LogP contribution in [0.25, 0.3) is 0 Å². The molecule has 2 heterocycles. The summed E-state index contributed by atoms with van der Waals surface area (Å²) in [4.78, 5) is 25.0. The lowest BCUT2D eigenvalue weighted by atomic mass is 9.95. The highest BCUT2D eigenvalue weighted by Gasteiger charge is 2.25. The van der Waals surface area contributed by atoms with Crippen LogP contribution in [0.2, 0.25) is 0 Å². The van der Waals surface area contributed by atoms with E-state index in [0.717, 1.165) is 28.2 Å². The molecular weight excluding hydrogens is 368 g/mol. The highest BCUT2D eigenvalue weighted by atomic mass is 16.2. The number of nitrogens with one attached hydrogen (secondary N) is 3. The Kier molecular flexibility index (Phi) is 5.28. The lowest BCUT2D eigenvalue weighted by molar-refractivity contribution is -0.123. The van der Waals surface area contributed by atoms with Gasteiger partial charge in [0, 0.05) is 29.4 Å². The van der Waals surface area contributed by atoms with Crippen molar-refractivity contribution in [1.82, 2.24) is 10.4 Å². The molecule has 0 aliphatic carbocycles. The molecule has 2 amide bonds. The summed E-state index contributed by atoms with van der Waals surface area (Å²) in [6.07, 6.45) is 3.43. The Bertz CT molecular complexity index is 995. The Labute approximate surface area is 170 Å². The Morgan fingerprint density at radius 3 is 2.45 bits per heavy atom. The Morgan fingerprint density at radius 1 is 1.14 bits per heavy atom. The number of rotatable bonds is 3. The van der Waals surface area contributed by atoms with E-state index >= 15 is 0 Å². The summed E-state index contributed by atoms with van der Waals surface area (Å²) in [7, 11) is 1.77. The first-order chi connectivity index (χ1) is 13.6. The van der Waals surface area contributed by atoms with E-state index in [1.165, 1.54) is 0 Å². The van der Waals surface area contributed by atoms with Gasteiger partial charge in [-0.05, 0) is 43.7 Å². The average Bonchev–Trinajstić information content (AvgIpc) is 3.21. The van der Waals surface area contributed by atoms with Crippen LogP contribution in [0.15, 0.2) is 51.4 Å². The lowest BCUT2D eigenvalue weighted by Gasteiger charge is -2.19. The van der Waals surface area contributed by atoms with Crippen LogP contribution in [0.1, 0.15) is 33.3 Å². The van der Waals surface area contributed by atoms with E-state index in [2.05, 4.69) is 26.3 Å². The molecule has 0 aromatic heterocycles. The fourth-order valence-electron chi connectivity index (χ4n) is 2.83. The second-order valence-corrected chi connectivity index (χ2v) is 8.15. The van der Waals surface area contributed by atoms with Crippen molar-refractivity contribution in [2.45, 2.75) is 34.6 Å². The number of hydrogen-bond acceptors (Lipinski definition) is 6. The van der Waals surface area contributed by atoms with Crippen LogP contribution in [0, 0.1) is 12.3 Å². The molecule has 0 fully saturated rings. The van der Waals surface area contributed by atoms with Crippen molar-refractivity contribution in [3.63, 3.8) is 0 Å². The van der Waals surface area contributed by atoms with E-state index < -0.39 is 5.41 Å². The SMILES string of the molecule is CC1=NN=CC1=C1C=C(C(=O)Nc2ccc(NC(=O)C(C)(C)C)c(C)c2)N(C)N1. The predicted octanol–water partition coefficient (Wildman–Crippen LogP) is 2.97. The van der Waals surface area contributed by atoms with Crippen LogP contribution in [-0.2, 0) is 9.59 Å².